The van der Waals surface area contributed by atoms with E-state index in [1.165, 1.54) is 0 Å². The summed E-state index contributed by atoms with van der Waals surface area (Å²) >= 11 is 0. The highest BCUT2D eigenvalue weighted by molar-refractivity contribution is 7.91. The van der Waals surface area contributed by atoms with Gasteiger partial charge < -0.3 is 20.1 Å². The van der Waals surface area contributed by atoms with Gasteiger partial charge in [0.15, 0.2) is 9.84 Å². The van der Waals surface area contributed by atoms with Crippen LogP contribution in [0.3, 0.4) is 0 Å². The number of amides is 1. The maximum Gasteiger partial charge on any atom is 0.407 e. The smallest absolute Gasteiger partial charge is 0.407 e. The summed E-state index contributed by atoms with van der Waals surface area (Å²) in [5.74, 6) is 0.349. The van der Waals surface area contributed by atoms with Crippen LogP contribution in [0.2, 0.25) is 0 Å². The first-order chi connectivity index (χ1) is 8.93. The topological polar surface area (TPSA) is 95.9 Å². The second kappa shape index (κ2) is 7.66. The first-order valence-electron chi connectivity index (χ1n) is 6.33. The van der Waals surface area contributed by atoms with E-state index in [4.69, 9.17) is 9.84 Å². The van der Waals surface area contributed by atoms with Gasteiger partial charge in [-0.1, -0.05) is 0 Å². The van der Waals surface area contributed by atoms with Gasteiger partial charge in [0, 0.05) is 19.6 Å². The van der Waals surface area contributed by atoms with E-state index in [0.717, 1.165) is 0 Å². The molecule has 1 saturated heterocycles. The molecule has 19 heavy (non-hydrogen) atoms. The van der Waals surface area contributed by atoms with Crippen LogP contribution in [0.25, 0.3) is 0 Å². The number of hydrogen-bond acceptors (Lipinski definition) is 6. The van der Waals surface area contributed by atoms with Crippen LogP contribution >= 0.6 is 0 Å². The molecule has 1 aliphatic rings. The monoisotopic (exact) mass is 294 g/mol. The van der Waals surface area contributed by atoms with Crippen LogP contribution in [0.5, 0.6) is 0 Å². The Morgan fingerprint density at radius 2 is 2.21 bits per heavy atom. The van der Waals surface area contributed by atoms with Crippen molar-refractivity contribution in [1.29, 1.82) is 0 Å². The number of nitrogens with one attached hydrogen (secondary N) is 1. The number of carbonyl (C=O) groups is 1. The Kier molecular flexibility index (Phi) is 6.53. The molecule has 0 aliphatic carbocycles. The Morgan fingerprint density at radius 3 is 2.79 bits per heavy atom. The van der Waals surface area contributed by atoms with Gasteiger partial charge in [0.2, 0.25) is 0 Å². The Bertz CT molecular complexity index is 385. The van der Waals surface area contributed by atoms with Crippen LogP contribution in [0.15, 0.2) is 0 Å². The number of alkyl carbamates (subject to hydrolysis) is 1. The summed E-state index contributed by atoms with van der Waals surface area (Å²) in [4.78, 5) is 13.2. The molecule has 1 fully saturated rings. The van der Waals surface area contributed by atoms with Gasteiger partial charge in [-0.15, -0.1) is 0 Å². The SMILES string of the molecule is CN(CCO)CCOC(=O)NC[C@H]1CCS(=O)(=O)C1. The van der Waals surface area contributed by atoms with E-state index >= 15 is 0 Å². The molecule has 112 valence electrons. The Morgan fingerprint density at radius 1 is 1.47 bits per heavy atom. The van der Waals surface area contributed by atoms with Crippen molar-refractivity contribution in [2.24, 2.45) is 5.92 Å². The molecule has 1 heterocycles. The van der Waals surface area contributed by atoms with Gasteiger partial charge in [-0.25, -0.2) is 13.2 Å². The summed E-state index contributed by atoms with van der Waals surface area (Å²) in [7, 11) is -1.08. The van der Waals surface area contributed by atoms with E-state index in [9.17, 15) is 13.2 Å². The van der Waals surface area contributed by atoms with Crippen LogP contribution in [0.1, 0.15) is 6.42 Å². The number of aliphatic hydroxyl groups is 1. The zero-order valence-electron chi connectivity index (χ0n) is 11.2. The van der Waals surface area contributed by atoms with Crippen LogP contribution in [0.4, 0.5) is 4.79 Å². The quantitative estimate of drug-likeness (QED) is 0.630. The molecule has 0 bridgehead atoms. The molecule has 0 aromatic rings. The van der Waals surface area contributed by atoms with Gasteiger partial charge >= 0.3 is 6.09 Å². The molecule has 0 aromatic heterocycles. The van der Waals surface area contributed by atoms with Crippen LogP contribution in [-0.4, -0.2) is 75.9 Å². The molecule has 0 aromatic carbocycles. The van der Waals surface area contributed by atoms with E-state index in [0.29, 0.717) is 26.1 Å². The standard InChI is InChI=1S/C11H22N2O5S/c1-13(3-5-14)4-6-18-11(15)12-8-10-2-7-19(16,17)9-10/h10,14H,2-9H2,1H3,(H,12,15)/t10-/m1/s1. The lowest BCUT2D eigenvalue weighted by Crippen LogP contribution is -2.33. The zero-order chi connectivity index (χ0) is 14.3. The molecule has 8 heteroatoms. The summed E-state index contributed by atoms with van der Waals surface area (Å²) in [6.45, 7) is 1.73. The minimum Gasteiger partial charge on any atom is -0.448 e. The second-order valence-corrected chi connectivity index (χ2v) is 7.04. The van der Waals surface area contributed by atoms with Gasteiger partial charge in [0.1, 0.15) is 6.61 Å². The Labute approximate surface area is 113 Å². The summed E-state index contributed by atoms with van der Waals surface area (Å²) in [6, 6.07) is 0. The third-order valence-corrected chi connectivity index (χ3v) is 4.89. The third kappa shape index (κ3) is 6.74. The van der Waals surface area contributed by atoms with Crippen LogP contribution in [-0.2, 0) is 14.6 Å². The van der Waals surface area contributed by atoms with Gasteiger partial charge in [0.25, 0.3) is 0 Å². The minimum atomic E-state index is -2.90. The summed E-state index contributed by atoms with van der Waals surface area (Å²) in [5, 5.41) is 11.3. The van der Waals surface area contributed by atoms with Gasteiger partial charge in [-0.3, -0.25) is 0 Å². The molecule has 0 saturated carbocycles. The molecule has 1 aliphatic heterocycles. The highest BCUT2D eigenvalue weighted by atomic mass is 32.2. The highest BCUT2D eigenvalue weighted by Gasteiger charge is 2.27. The molecule has 0 unspecified atom stereocenters. The van der Waals surface area contributed by atoms with Crippen molar-refractivity contribution < 1.29 is 23.1 Å². The number of ether oxygens (including phenoxy) is 1. The van der Waals surface area contributed by atoms with Crippen molar-refractivity contribution in [1.82, 2.24) is 10.2 Å². The van der Waals surface area contributed by atoms with E-state index < -0.39 is 15.9 Å². The Balaban J connectivity index is 2.09. The minimum absolute atomic E-state index is 0.00499. The van der Waals surface area contributed by atoms with Crippen molar-refractivity contribution in [3.05, 3.63) is 0 Å². The number of rotatable bonds is 7. The van der Waals surface area contributed by atoms with Crippen molar-refractivity contribution >= 4 is 15.9 Å². The Hall–Kier alpha value is -0.860. The van der Waals surface area contributed by atoms with Crippen molar-refractivity contribution in [3.8, 4) is 0 Å². The number of carbonyl (C=O) groups excluding carboxylic acids is 1. The second-order valence-electron chi connectivity index (χ2n) is 4.81. The summed E-state index contributed by atoms with van der Waals surface area (Å²) in [6.07, 6.45) is 0.0729. The summed E-state index contributed by atoms with van der Waals surface area (Å²) < 4.78 is 27.4. The molecule has 1 rings (SSSR count). The molecule has 0 radical (unpaired) electrons. The third-order valence-electron chi connectivity index (χ3n) is 3.05. The predicted molar refractivity (Wildman–Crippen MR) is 70.7 cm³/mol. The number of nitrogens with zero attached hydrogens (tertiary/aromatic N) is 1. The van der Waals surface area contributed by atoms with Crippen molar-refractivity contribution in [2.45, 2.75) is 6.42 Å². The molecule has 1 atom stereocenters. The molecular formula is C11H22N2O5S. The normalized spacial score (nSPS) is 21.5. The average Bonchev–Trinajstić information content (AvgIpc) is 2.67. The van der Waals surface area contributed by atoms with Crippen molar-refractivity contribution in [3.63, 3.8) is 0 Å². The highest BCUT2D eigenvalue weighted by Crippen LogP contribution is 2.17. The first-order valence-corrected chi connectivity index (χ1v) is 8.15. The number of aliphatic hydroxyl groups excluding tert-OH is 1. The molecule has 2 N–H and O–H groups in total. The fourth-order valence-corrected chi connectivity index (χ4v) is 3.75. The van der Waals surface area contributed by atoms with Crippen LogP contribution in [0, 0.1) is 5.92 Å². The molecule has 0 spiro atoms. The fourth-order valence-electron chi connectivity index (χ4n) is 1.89. The molecule has 7 nitrogen and oxygen atoms in total. The van der Waals surface area contributed by atoms with Gasteiger partial charge in [0.05, 0.1) is 18.1 Å². The van der Waals surface area contributed by atoms with E-state index in [2.05, 4.69) is 5.32 Å². The molecule has 1 amide bonds. The predicted octanol–water partition coefficient (Wildman–Crippen LogP) is -0.929. The largest absolute Gasteiger partial charge is 0.448 e. The average molecular weight is 294 g/mol. The summed E-state index contributed by atoms with van der Waals surface area (Å²) in [5.41, 5.74) is 0. The number of likely N-dealkylation sites (N-methyl/N-ethyl adjacent to an activating group) is 1. The zero-order valence-corrected chi connectivity index (χ0v) is 12.0. The first kappa shape index (κ1) is 16.2. The lowest BCUT2D eigenvalue weighted by molar-refractivity contribution is 0.126. The van der Waals surface area contributed by atoms with Crippen LogP contribution < -0.4 is 5.32 Å². The lowest BCUT2D eigenvalue weighted by Gasteiger charge is -2.15. The van der Waals surface area contributed by atoms with E-state index in [-0.39, 0.29) is 30.6 Å². The van der Waals surface area contributed by atoms with E-state index in [1.54, 1.807) is 0 Å². The fraction of sp³-hybridized carbons (Fsp3) is 0.909. The van der Waals surface area contributed by atoms with Crippen molar-refractivity contribution in [2.75, 3.05) is 51.4 Å². The van der Waals surface area contributed by atoms with Gasteiger partial charge in [-0.05, 0) is 19.4 Å². The molecular weight excluding hydrogens is 272 g/mol. The van der Waals surface area contributed by atoms with Gasteiger partial charge in [-0.2, -0.15) is 0 Å². The lowest BCUT2D eigenvalue weighted by atomic mass is 10.1. The number of hydrogen-bond donors (Lipinski definition) is 2. The maximum atomic E-state index is 11.3. The number of sulfone groups is 1. The maximum absolute atomic E-state index is 11.3. The van der Waals surface area contributed by atoms with E-state index in [1.807, 2.05) is 11.9 Å².